The number of benzene rings is 3. The predicted octanol–water partition coefficient (Wildman–Crippen LogP) is 5.57. The Morgan fingerprint density at radius 3 is 2.25 bits per heavy atom. The van der Waals surface area contributed by atoms with Crippen LogP contribution in [0.5, 0.6) is 0 Å². The third kappa shape index (κ3) is 4.52. The molecule has 0 aromatic heterocycles. The van der Waals surface area contributed by atoms with Gasteiger partial charge in [-0.25, -0.2) is 0 Å². The standard InChI is InChI=1S/C27H29N3O2/c1-19(2)24-11-7-8-12-25(24)30-18-20(17-26(30)31)27(32)28-21-13-15-23(16-14-21)29(3)22-9-5-4-6-10-22/h4-16,19-20H,17-18H2,1-3H3,(H,28,32). The summed E-state index contributed by atoms with van der Waals surface area (Å²) in [6.45, 7) is 4.63. The highest BCUT2D eigenvalue weighted by atomic mass is 16.2. The van der Waals surface area contributed by atoms with E-state index in [2.05, 4.69) is 42.3 Å². The predicted molar refractivity (Wildman–Crippen MR) is 131 cm³/mol. The molecule has 1 atom stereocenters. The highest BCUT2D eigenvalue weighted by molar-refractivity contribution is 6.04. The number of hydrogen-bond acceptors (Lipinski definition) is 3. The first-order valence-corrected chi connectivity index (χ1v) is 11.0. The summed E-state index contributed by atoms with van der Waals surface area (Å²) in [6.07, 6.45) is 0.229. The monoisotopic (exact) mass is 427 g/mol. The van der Waals surface area contributed by atoms with Crippen molar-refractivity contribution in [3.05, 3.63) is 84.4 Å². The number of rotatable bonds is 6. The minimum atomic E-state index is -0.366. The SMILES string of the molecule is CC(C)c1ccccc1N1CC(C(=O)Nc2ccc(N(C)c3ccccc3)cc2)CC1=O. The van der Waals surface area contributed by atoms with Crippen LogP contribution in [-0.4, -0.2) is 25.4 Å². The topological polar surface area (TPSA) is 52.7 Å². The van der Waals surface area contributed by atoms with Crippen LogP contribution < -0.4 is 15.1 Å². The number of nitrogens with zero attached hydrogens (tertiary/aromatic N) is 2. The fourth-order valence-corrected chi connectivity index (χ4v) is 4.15. The van der Waals surface area contributed by atoms with E-state index in [-0.39, 0.29) is 24.2 Å². The van der Waals surface area contributed by atoms with E-state index in [1.54, 1.807) is 4.90 Å². The lowest BCUT2D eigenvalue weighted by atomic mass is 10.0. The zero-order chi connectivity index (χ0) is 22.7. The highest BCUT2D eigenvalue weighted by Gasteiger charge is 2.36. The van der Waals surface area contributed by atoms with Crippen LogP contribution >= 0.6 is 0 Å². The van der Waals surface area contributed by atoms with Gasteiger partial charge >= 0.3 is 0 Å². The van der Waals surface area contributed by atoms with Crippen LogP contribution in [0.4, 0.5) is 22.7 Å². The van der Waals surface area contributed by atoms with Crippen LogP contribution in [0, 0.1) is 5.92 Å². The van der Waals surface area contributed by atoms with Crippen LogP contribution in [0.1, 0.15) is 31.7 Å². The van der Waals surface area contributed by atoms with E-state index < -0.39 is 0 Å². The molecule has 1 fully saturated rings. The Morgan fingerprint density at radius 1 is 0.938 bits per heavy atom. The molecular weight excluding hydrogens is 398 g/mol. The third-order valence-corrected chi connectivity index (χ3v) is 6.01. The summed E-state index contributed by atoms with van der Waals surface area (Å²) in [4.78, 5) is 29.5. The summed E-state index contributed by atoms with van der Waals surface area (Å²) in [5, 5.41) is 2.98. The molecule has 1 heterocycles. The largest absolute Gasteiger partial charge is 0.345 e. The molecule has 0 saturated carbocycles. The molecule has 3 aromatic rings. The smallest absolute Gasteiger partial charge is 0.229 e. The lowest BCUT2D eigenvalue weighted by molar-refractivity contribution is -0.122. The van der Waals surface area contributed by atoms with E-state index in [4.69, 9.17) is 0 Å². The lowest BCUT2D eigenvalue weighted by Gasteiger charge is -2.22. The summed E-state index contributed by atoms with van der Waals surface area (Å²) >= 11 is 0. The molecule has 2 amide bonds. The van der Waals surface area contributed by atoms with E-state index in [0.29, 0.717) is 12.5 Å². The van der Waals surface area contributed by atoms with E-state index >= 15 is 0 Å². The van der Waals surface area contributed by atoms with Gasteiger partial charge in [-0.1, -0.05) is 50.2 Å². The van der Waals surface area contributed by atoms with Gasteiger partial charge in [0.05, 0.1) is 5.92 Å². The fourth-order valence-electron chi connectivity index (χ4n) is 4.15. The minimum absolute atomic E-state index is 0.00177. The second-order valence-corrected chi connectivity index (χ2v) is 8.55. The Kier molecular flexibility index (Phi) is 6.26. The van der Waals surface area contributed by atoms with E-state index in [1.807, 2.05) is 67.7 Å². The molecule has 0 spiro atoms. The molecule has 1 unspecified atom stereocenters. The van der Waals surface area contributed by atoms with Gasteiger partial charge < -0.3 is 15.1 Å². The molecule has 4 rings (SSSR count). The van der Waals surface area contributed by atoms with Gasteiger partial charge in [-0.05, 0) is 53.9 Å². The Bertz CT molecular complexity index is 1090. The molecule has 1 aliphatic rings. The number of carbonyl (C=O) groups is 2. The number of carbonyl (C=O) groups excluding carboxylic acids is 2. The zero-order valence-electron chi connectivity index (χ0n) is 18.8. The first-order chi connectivity index (χ1) is 15.4. The summed E-state index contributed by atoms with van der Waals surface area (Å²) in [6, 6.07) is 25.8. The summed E-state index contributed by atoms with van der Waals surface area (Å²) in [5.41, 5.74) is 4.89. The molecule has 5 nitrogen and oxygen atoms in total. The number of amides is 2. The highest BCUT2D eigenvalue weighted by Crippen LogP contribution is 2.32. The first kappa shape index (κ1) is 21.6. The van der Waals surface area contributed by atoms with Gasteiger partial charge in [-0.2, -0.15) is 0 Å². The molecule has 3 aromatic carbocycles. The van der Waals surface area contributed by atoms with Gasteiger partial charge in [0.2, 0.25) is 11.8 Å². The van der Waals surface area contributed by atoms with Crippen molar-refractivity contribution in [2.45, 2.75) is 26.2 Å². The molecule has 0 radical (unpaired) electrons. The maximum atomic E-state index is 12.9. The van der Waals surface area contributed by atoms with Crippen molar-refractivity contribution in [1.82, 2.24) is 0 Å². The van der Waals surface area contributed by atoms with Gasteiger partial charge in [-0.15, -0.1) is 0 Å². The van der Waals surface area contributed by atoms with Crippen LogP contribution in [0.3, 0.4) is 0 Å². The number of para-hydroxylation sites is 2. The van der Waals surface area contributed by atoms with Crippen molar-refractivity contribution in [2.24, 2.45) is 5.92 Å². The van der Waals surface area contributed by atoms with Crippen LogP contribution in [0.25, 0.3) is 0 Å². The first-order valence-electron chi connectivity index (χ1n) is 11.0. The molecule has 32 heavy (non-hydrogen) atoms. The van der Waals surface area contributed by atoms with E-state index in [0.717, 1.165) is 28.3 Å². The summed E-state index contributed by atoms with van der Waals surface area (Å²) in [5.74, 6) is -0.182. The molecule has 1 N–H and O–H groups in total. The van der Waals surface area contributed by atoms with Crippen molar-refractivity contribution >= 4 is 34.6 Å². The minimum Gasteiger partial charge on any atom is -0.345 e. The van der Waals surface area contributed by atoms with Gasteiger partial charge in [0.15, 0.2) is 0 Å². The normalized spacial score (nSPS) is 15.8. The summed E-state index contributed by atoms with van der Waals surface area (Å²) in [7, 11) is 2.01. The number of nitrogens with one attached hydrogen (secondary N) is 1. The van der Waals surface area contributed by atoms with E-state index in [1.165, 1.54) is 0 Å². The van der Waals surface area contributed by atoms with Crippen LogP contribution in [0.15, 0.2) is 78.9 Å². The Hall–Kier alpha value is -3.60. The maximum Gasteiger partial charge on any atom is 0.229 e. The lowest BCUT2D eigenvalue weighted by Crippen LogP contribution is -2.29. The van der Waals surface area contributed by atoms with Crippen molar-refractivity contribution in [2.75, 3.05) is 28.7 Å². The molecular formula is C27H29N3O2. The van der Waals surface area contributed by atoms with Crippen LogP contribution in [-0.2, 0) is 9.59 Å². The second-order valence-electron chi connectivity index (χ2n) is 8.55. The van der Waals surface area contributed by atoms with Crippen molar-refractivity contribution in [3.8, 4) is 0 Å². The quantitative estimate of drug-likeness (QED) is 0.560. The van der Waals surface area contributed by atoms with Gasteiger partial charge in [0.1, 0.15) is 0 Å². The van der Waals surface area contributed by atoms with Gasteiger partial charge in [-0.3, -0.25) is 9.59 Å². The van der Waals surface area contributed by atoms with Crippen molar-refractivity contribution < 1.29 is 9.59 Å². The Morgan fingerprint density at radius 2 is 1.56 bits per heavy atom. The molecule has 164 valence electrons. The van der Waals surface area contributed by atoms with Gasteiger partial charge in [0, 0.05) is 42.8 Å². The second kappa shape index (κ2) is 9.27. The van der Waals surface area contributed by atoms with Crippen molar-refractivity contribution in [1.29, 1.82) is 0 Å². The fraction of sp³-hybridized carbons (Fsp3) is 0.259. The molecule has 0 bridgehead atoms. The molecule has 1 aliphatic heterocycles. The number of hydrogen-bond donors (Lipinski definition) is 1. The van der Waals surface area contributed by atoms with E-state index in [9.17, 15) is 9.59 Å². The van der Waals surface area contributed by atoms with Crippen molar-refractivity contribution in [3.63, 3.8) is 0 Å². The van der Waals surface area contributed by atoms with Gasteiger partial charge in [0.25, 0.3) is 0 Å². The molecule has 0 aliphatic carbocycles. The third-order valence-electron chi connectivity index (χ3n) is 6.01. The Labute approximate surface area is 189 Å². The maximum absolute atomic E-state index is 12.9. The number of anilines is 4. The molecule has 5 heteroatoms. The molecule has 1 saturated heterocycles. The average Bonchev–Trinajstić information content (AvgIpc) is 3.21. The Balaban J connectivity index is 1.42. The zero-order valence-corrected chi connectivity index (χ0v) is 18.8. The van der Waals surface area contributed by atoms with Crippen LogP contribution in [0.2, 0.25) is 0 Å². The summed E-state index contributed by atoms with van der Waals surface area (Å²) < 4.78 is 0. The average molecular weight is 428 g/mol.